The van der Waals surface area contributed by atoms with Crippen molar-refractivity contribution >= 4 is 5.97 Å². The lowest BCUT2D eigenvalue weighted by atomic mass is 9.76. The Balaban J connectivity index is 1.77. The molecule has 0 amide bonds. The smallest absolute Gasteiger partial charge is 0.311 e. The highest BCUT2D eigenvalue weighted by molar-refractivity contribution is 5.72. The van der Waals surface area contributed by atoms with Crippen LogP contribution in [0.1, 0.15) is 85.0 Å². The molecule has 1 aliphatic carbocycles. The molecule has 1 aromatic rings. The first-order valence-electron chi connectivity index (χ1n) is 11.1. The maximum absolute atomic E-state index is 12.1. The first kappa shape index (κ1) is 21.7. The zero-order chi connectivity index (χ0) is 19.5. The Kier molecular flexibility index (Phi) is 9.66. The Morgan fingerprint density at radius 1 is 1.15 bits per heavy atom. The van der Waals surface area contributed by atoms with Crippen molar-refractivity contribution in [2.75, 3.05) is 0 Å². The zero-order valence-electron chi connectivity index (χ0n) is 17.6. The van der Waals surface area contributed by atoms with Crippen molar-refractivity contribution in [2.24, 2.45) is 17.8 Å². The number of carbonyl (C=O) groups excluding carboxylic acids is 1. The molecule has 0 fully saturated rings. The van der Waals surface area contributed by atoms with Gasteiger partial charge in [0, 0.05) is 6.42 Å². The number of hydrogen-bond donors (Lipinski definition) is 0. The van der Waals surface area contributed by atoms with Crippen LogP contribution >= 0.6 is 0 Å². The summed E-state index contributed by atoms with van der Waals surface area (Å²) in [6, 6.07) is 9.38. The molecule has 2 heteroatoms. The van der Waals surface area contributed by atoms with Gasteiger partial charge in [0.05, 0.1) is 0 Å². The van der Waals surface area contributed by atoms with E-state index in [1.807, 2.05) is 30.3 Å². The fourth-order valence-electron chi connectivity index (χ4n) is 4.33. The summed E-state index contributed by atoms with van der Waals surface area (Å²) >= 11 is 0. The maximum Gasteiger partial charge on any atom is 0.311 e. The van der Waals surface area contributed by atoms with E-state index < -0.39 is 0 Å². The molecular formula is C25H38O2. The molecule has 0 radical (unpaired) electrons. The zero-order valence-corrected chi connectivity index (χ0v) is 17.6. The van der Waals surface area contributed by atoms with Crippen molar-refractivity contribution in [1.29, 1.82) is 0 Å². The van der Waals surface area contributed by atoms with Gasteiger partial charge in [-0.1, -0.05) is 76.3 Å². The third kappa shape index (κ3) is 7.52. The molecule has 0 saturated heterocycles. The van der Waals surface area contributed by atoms with Gasteiger partial charge in [-0.15, -0.1) is 0 Å². The molecule has 3 unspecified atom stereocenters. The van der Waals surface area contributed by atoms with Crippen LogP contribution in [-0.2, 0) is 4.79 Å². The number of carbonyl (C=O) groups is 1. The normalized spacial score (nSPS) is 19.2. The van der Waals surface area contributed by atoms with E-state index in [4.69, 9.17) is 4.74 Å². The number of unbranched alkanes of at least 4 members (excludes halogenated alkanes) is 2. The van der Waals surface area contributed by atoms with Gasteiger partial charge in [-0.25, -0.2) is 0 Å². The molecule has 3 atom stereocenters. The minimum Gasteiger partial charge on any atom is -0.427 e. The van der Waals surface area contributed by atoms with Crippen molar-refractivity contribution in [3.8, 4) is 5.75 Å². The Hall–Kier alpha value is -1.57. The van der Waals surface area contributed by atoms with Gasteiger partial charge in [0.2, 0.25) is 0 Å². The second-order valence-electron chi connectivity index (χ2n) is 8.22. The lowest BCUT2D eigenvalue weighted by Gasteiger charge is -2.30. The monoisotopic (exact) mass is 370 g/mol. The van der Waals surface area contributed by atoms with Crippen LogP contribution in [0.15, 0.2) is 42.0 Å². The average Bonchev–Trinajstić information content (AvgIpc) is 2.70. The van der Waals surface area contributed by atoms with Gasteiger partial charge in [-0.2, -0.15) is 0 Å². The third-order valence-corrected chi connectivity index (χ3v) is 6.24. The van der Waals surface area contributed by atoms with Crippen LogP contribution in [0.4, 0.5) is 0 Å². The van der Waals surface area contributed by atoms with Crippen molar-refractivity contribution < 1.29 is 9.53 Å². The first-order valence-corrected chi connectivity index (χ1v) is 11.1. The molecule has 0 spiro atoms. The van der Waals surface area contributed by atoms with Gasteiger partial charge in [0.1, 0.15) is 5.75 Å². The summed E-state index contributed by atoms with van der Waals surface area (Å²) in [5.74, 6) is 2.76. The summed E-state index contributed by atoms with van der Waals surface area (Å²) in [4.78, 5) is 12.1. The summed E-state index contributed by atoms with van der Waals surface area (Å²) in [7, 11) is 0. The van der Waals surface area contributed by atoms with Gasteiger partial charge in [-0.05, 0) is 62.0 Å². The number of esters is 1. The topological polar surface area (TPSA) is 26.3 Å². The Bertz CT molecular complexity index is 575. The van der Waals surface area contributed by atoms with Gasteiger partial charge < -0.3 is 4.74 Å². The fourth-order valence-corrected chi connectivity index (χ4v) is 4.33. The average molecular weight is 371 g/mol. The fraction of sp³-hybridized carbons (Fsp3) is 0.640. The highest BCUT2D eigenvalue weighted by Gasteiger charge is 2.23. The molecule has 0 heterocycles. The number of benzene rings is 1. The number of ether oxygens (including phenoxy) is 1. The molecule has 2 nitrogen and oxygen atoms in total. The second-order valence-corrected chi connectivity index (χ2v) is 8.22. The lowest BCUT2D eigenvalue weighted by molar-refractivity contribution is -0.134. The molecule has 0 bridgehead atoms. The van der Waals surface area contributed by atoms with Crippen molar-refractivity contribution in [1.82, 2.24) is 0 Å². The summed E-state index contributed by atoms with van der Waals surface area (Å²) in [5.41, 5.74) is 1.59. The van der Waals surface area contributed by atoms with E-state index in [1.54, 1.807) is 5.57 Å². The van der Waals surface area contributed by atoms with Crippen LogP contribution in [0.25, 0.3) is 0 Å². The third-order valence-electron chi connectivity index (χ3n) is 6.24. The van der Waals surface area contributed by atoms with E-state index in [1.165, 1.54) is 44.9 Å². The molecule has 0 aliphatic heterocycles. The predicted octanol–water partition coefficient (Wildman–Crippen LogP) is 7.34. The van der Waals surface area contributed by atoms with Crippen LogP contribution in [0.2, 0.25) is 0 Å². The van der Waals surface area contributed by atoms with Crippen LogP contribution in [0.3, 0.4) is 0 Å². The van der Waals surface area contributed by atoms with Crippen molar-refractivity contribution in [3.63, 3.8) is 0 Å². The Labute approximate surface area is 166 Å². The van der Waals surface area contributed by atoms with Gasteiger partial charge in [0.15, 0.2) is 0 Å². The van der Waals surface area contributed by atoms with Crippen LogP contribution in [0.5, 0.6) is 5.75 Å². The molecule has 0 saturated carbocycles. The van der Waals surface area contributed by atoms with Crippen LogP contribution < -0.4 is 4.74 Å². The number of rotatable bonds is 11. The molecule has 2 rings (SSSR count). The second kappa shape index (κ2) is 12.0. The van der Waals surface area contributed by atoms with E-state index >= 15 is 0 Å². The van der Waals surface area contributed by atoms with E-state index in [-0.39, 0.29) is 5.97 Å². The molecule has 0 aromatic heterocycles. The summed E-state index contributed by atoms with van der Waals surface area (Å²) in [6.45, 7) is 6.96. The van der Waals surface area contributed by atoms with Gasteiger partial charge >= 0.3 is 5.97 Å². The summed E-state index contributed by atoms with van der Waals surface area (Å²) in [6.07, 6.45) is 14.2. The SMILES string of the molecule is CCCCCC(C)C1CC=C(C(CC)CCC(=O)Oc2ccccc2)CC1. The van der Waals surface area contributed by atoms with E-state index in [0.717, 1.165) is 24.7 Å². The number of para-hydroxylation sites is 1. The minimum atomic E-state index is -0.113. The van der Waals surface area contributed by atoms with E-state index in [0.29, 0.717) is 18.1 Å². The van der Waals surface area contributed by atoms with Crippen molar-refractivity contribution in [2.45, 2.75) is 85.0 Å². The highest BCUT2D eigenvalue weighted by atomic mass is 16.5. The number of allylic oxidation sites excluding steroid dienone is 2. The Morgan fingerprint density at radius 2 is 1.93 bits per heavy atom. The van der Waals surface area contributed by atoms with Gasteiger partial charge in [0.25, 0.3) is 0 Å². The van der Waals surface area contributed by atoms with Crippen LogP contribution in [0, 0.1) is 17.8 Å². The first-order chi connectivity index (χ1) is 13.1. The molecular weight excluding hydrogens is 332 g/mol. The minimum absolute atomic E-state index is 0.113. The van der Waals surface area contributed by atoms with Crippen LogP contribution in [-0.4, -0.2) is 5.97 Å². The molecule has 0 N–H and O–H groups in total. The molecule has 1 aromatic carbocycles. The predicted molar refractivity (Wildman–Crippen MR) is 114 cm³/mol. The quantitative estimate of drug-likeness (QED) is 0.176. The largest absolute Gasteiger partial charge is 0.427 e. The van der Waals surface area contributed by atoms with Crippen molar-refractivity contribution in [3.05, 3.63) is 42.0 Å². The lowest BCUT2D eigenvalue weighted by Crippen LogP contribution is -2.18. The standard InChI is InChI=1S/C25H38O2/c1-4-6-8-11-20(3)22-14-16-23(17-15-22)21(5-2)18-19-25(26)27-24-12-9-7-10-13-24/h7,9-10,12-13,16,20-22H,4-6,8,11,14-15,17-19H2,1-3H3. The van der Waals surface area contributed by atoms with E-state index in [2.05, 4.69) is 26.8 Å². The molecule has 27 heavy (non-hydrogen) atoms. The van der Waals surface area contributed by atoms with E-state index in [9.17, 15) is 4.79 Å². The molecule has 1 aliphatic rings. The van der Waals surface area contributed by atoms with Gasteiger partial charge in [-0.3, -0.25) is 4.79 Å². The summed E-state index contributed by atoms with van der Waals surface area (Å²) < 4.78 is 5.43. The number of hydrogen-bond acceptors (Lipinski definition) is 2. The Morgan fingerprint density at radius 3 is 2.56 bits per heavy atom. The maximum atomic E-state index is 12.1. The summed E-state index contributed by atoms with van der Waals surface area (Å²) in [5, 5.41) is 0. The highest BCUT2D eigenvalue weighted by Crippen LogP contribution is 2.36. The molecule has 150 valence electrons.